The summed E-state index contributed by atoms with van der Waals surface area (Å²) in [6.45, 7) is 2.00. The van der Waals surface area contributed by atoms with Gasteiger partial charge in [0.25, 0.3) is 0 Å². The molecule has 0 N–H and O–H groups in total. The van der Waals surface area contributed by atoms with Gasteiger partial charge in [0.15, 0.2) is 21.3 Å². The van der Waals surface area contributed by atoms with E-state index in [-0.39, 0.29) is 17.1 Å². The lowest BCUT2D eigenvalue weighted by Crippen LogP contribution is -2.08. The van der Waals surface area contributed by atoms with E-state index in [1.54, 1.807) is 42.5 Å². The molecular formula is C24H18O6S. The van der Waals surface area contributed by atoms with Crippen molar-refractivity contribution in [2.75, 3.05) is 13.0 Å². The number of benzene rings is 3. The molecule has 1 aliphatic heterocycles. The van der Waals surface area contributed by atoms with Crippen molar-refractivity contribution in [3.63, 3.8) is 0 Å². The summed E-state index contributed by atoms with van der Waals surface area (Å²) in [5, 5.41) is 0.464. The van der Waals surface area contributed by atoms with Gasteiger partial charge in [-0.1, -0.05) is 12.1 Å². The first-order valence-corrected chi connectivity index (χ1v) is 11.5. The van der Waals surface area contributed by atoms with Crippen molar-refractivity contribution < 1.29 is 22.3 Å². The highest BCUT2D eigenvalue weighted by atomic mass is 32.2. The van der Waals surface area contributed by atoms with Crippen molar-refractivity contribution in [3.8, 4) is 33.9 Å². The minimum Gasteiger partial charge on any atom is -0.455 e. The highest BCUT2D eigenvalue weighted by molar-refractivity contribution is 7.90. The molecule has 2 heterocycles. The van der Waals surface area contributed by atoms with Crippen LogP contribution in [-0.2, 0) is 9.84 Å². The van der Waals surface area contributed by atoms with Gasteiger partial charge in [0, 0.05) is 17.4 Å². The fourth-order valence-electron chi connectivity index (χ4n) is 3.83. The van der Waals surface area contributed by atoms with Gasteiger partial charge in [-0.15, -0.1) is 0 Å². The van der Waals surface area contributed by atoms with E-state index in [2.05, 4.69) is 0 Å². The quantitative estimate of drug-likeness (QED) is 0.470. The Balaban J connectivity index is 1.82. The molecule has 156 valence electrons. The third kappa shape index (κ3) is 3.18. The number of fused-ring (bicyclic) bond motifs is 2. The van der Waals surface area contributed by atoms with E-state index < -0.39 is 9.84 Å². The van der Waals surface area contributed by atoms with Crippen LogP contribution in [0, 0.1) is 6.92 Å². The SMILES string of the molecule is Cc1c(-c2c(-c3ccc(S(C)(=O)=O)cc3)oc3ccccc3c2=O)ccc2c1OCO2. The first kappa shape index (κ1) is 19.4. The molecular weight excluding hydrogens is 416 g/mol. The normalized spacial score (nSPS) is 13.0. The monoisotopic (exact) mass is 434 g/mol. The minimum atomic E-state index is -3.34. The third-order valence-corrected chi connectivity index (χ3v) is 6.53. The van der Waals surface area contributed by atoms with Gasteiger partial charge in [0.2, 0.25) is 12.2 Å². The zero-order valence-electron chi connectivity index (χ0n) is 16.8. The zero-order valence-corrected chi connectivity index (χ0v) is 17.7. The van der Waals surface area contributed by atoms with Crippen LogP contribution in [0.1, 0.15) is 5.56 Å². The highest BCUT2D eigenvalue weighted by Gasteiger charge is 2.24. The molecule has 0 aliphatic carbocycles. The molecule has 3 aromatic carbocycles. The Morgan fingerprint density at radius 3 is 2.39 bits per heavy atom. The molecule has 7 heteroatoms. The summed E-state index contributed by atoms with van der Waals surface area (Å²) >= 11 is 0. The van der Waals surface area contributed by atoms with Crippen LogP contribution in [0.5, 0.6) is 11.5 Å². The average Bonchev–Trinajstić information content (AvgIpc) is 3.24. The standard InChI is InChI=1S/C24H18O6S/c1-14-17(11-12-20-23(14)29-13-28-20)21-22(25)18-5-3-4-6-19(18)30-24(21)15-7-9-16(10-8-15)31(2,26)27/h3-12H,13H2,1-2H3. The molecule has 0 amide bonds. The number of sulfone groups is 1. The maximum atomic E-state index is 13.6. The first-order valence-electron chi connectivity index (χ1n) is 9.60. The van der Waals surface area contributed by atoms with E-state index in [4.69, 9.17) is 13.9 Å². The highest BCUT2D eigenvalue weighted by Crippen LogP contribution is 2.42. The molecule has 5 rings (SSSR count). The smallest absolute Gasteiger partial charge is 0.231 e. The largest absolute Gasteiger partial charge is 0.455 e. The van der Waals surface area contributed by atoms with Gasteiger partial charge in [0.05, 0.1) is 15.8 Å². The molecule has 0 fully saturated rings. The molecule has 0 unspecified atom stereocenters. The fourth-order valence-corrected chi connectivity index (χ4v) is 4.46. The van der Waals surface area contributed by atoms with Crippen LogP contribution in [0.25, 0.3) is 33.4 Å². The van der Waals surface area contributed by atoms with Crippen LogP contribution in [0.3, 0.4) is 0 Å². The maximum absolute atomic E-state index is 13.6. The Morgan fingerprint density at radius 1 is 0.903 bits per heavy atom. The Labute approximate surface area is 178 Å². The summed E-state index contributed by atoms with van der Waals surface area (Å²) in [6, 6.07) is 17.0. The summed E-state index contributed by atoms with van der Waals surface area (Å²) < 4.78 is 40.9. The molecule has 1 aliphatic rings. The minimum absolute atomic E-state index is 0.131. The van der Waals surface area contributed by atoms with Crippen molar-refractivity contribution in [2.24, 2.45) is 0 Å². The number of ether oxygens (including phenoxy) is 2. The Hall–Kier alpha value is -3.58. The lowest BCUT2D eigenvalue weighted by molar-refractivity contribution is 0.173. The molecule has 0 saturated carbocycles. The average molecular weight is 434 g/mol. The van der Waals surface area contributed by atoms with Gasteiger partial charge < -0.3 is 13.9 Å². The second-order valence-electron chi connectivity index (χ2n) is 7.40. The van der Waals surface area contributed by atoms with E-state index in [0.29, 0.717) is 44.9 Å². The van der Waals surface area contributed by atoms with Gasteiger partial charge in [-0.25, -0.2) is 8.42 Å². The molecule has 4 aromatic rings. The first-order chi connectivity index (χ1) is 14.8. The van der Waals surface area contributed by atoms with Crippen molar-refractivity contribution in [3.05, 3.63) is 76.5 Å². The van der Waals surface area contributed by atoms with E-state index in [9.17, 15) is 13.2 Å². The molecule has 0 atom stereocenters. The lowest BCUT2D eigenvalue weighted by Gasteiger charge is -2.14. The second-order valence-corrected chi connectivity index (χ2v) is 9.42. The Bertz CT molecular complexity index is 1500. The number of hydrogen-bond acceptors (Lipinski definition) is 6. The number of hydrogen-bond donors (Lipinski definition) is 0. The van der Waals surface area contributed by atoms with Crippen LogP contribution in [0.4, 0.5) is 0 Å². The van der Waals surface area contributed by atoms with Crippen molar-refractivity contribution in [2.45, 2.75) is 11.8 Å². The molecule has 6 nitrogen and oxygen atoms in total. The topological polar surface area (TPSA) is 82.8 Å². The maximum Gasteiger partial charge on any atom is 0.231 e. The van der Waals surface area contributed by atoms with Crippen molar-refractivity contribution >= 4 is 20.8 Å². The molecule has 31 heavy (non-hydrogen) atoms. The molecule has 1 aromatic heterocycles. The molecule has 0 radical (unpaired) electrons. The van der Waals surface area contributed by atoms with Gasteiger partial charge in [-0.2, -0.15) is 0 Å². The predicted octanol–water partition coefficient (Wildman–Crippen LogP) is 4.57. The number of rotatable bonds is 3. The van der Waals surface area contributed by atoms with Crippen molar-refractivity contribution in [1.82, 2.24) is 0 Å². The third-order valence-electron chi connectivity index (χ3n) is 5.40. The lowest BCUT2D eigenvalue weighted by atomic mass is 9.94. The second kappa shape index (κ2) is 6.99. The Kier molecular flexibility index (Phi) is 4.37. The molecule has 0 spiro atoms. The summed E-state index contributed by atoms with van der Waals surface area (Å²) in [6.07, 6.45) is 1.15. The zero-order chi connectivity index (χ0) is 21.8. The molecule has 0 saturated heterocycles. The van der Waals surface area contributed by atoms with Crippen molar-refractivity contribution in [1.29, 1.82) is 0 Å². The van der Waals surface area contributed by atoms with E-state index in [1.807, 2.05) is 13.0 Å². The van der Waals surface area contributed by atoms with Gasteiger partial charge >= 0.3 is 0 Å². The van der Waals surface area contributed by atoms with Gasteiger partial charge in [-0.3, -0.25) is 4.79 Å². The van der Waals surface area contributed by atoms with Gasteiger partial charge in [0.1, 0.15) is 11.3 Å². The summed E-state index contributed by atoms with van der Waals surface area (Å²) in [4.78, 5) is 13.8. The van der Waals surface area contributed by atoms with E-state index in [1.165, 1.54) is 12.1 Å². The Morgan fingerprint density at radius 2 is 1.65 bits per heavy atom. The van der Waals surface area contributed by atoms with Crippen LogP contribution >= 0.6 is 0 Å². The van der Waals surface area contributed by atoms with Crippen LogP contribution in [0.2, 0.25) is 0 Å². The van der Waals surface area contributed by atoms with E-state index in [0.717, 1.165) is 11.8 Å². The van der Waals surface area contributed by atoms with Crippen LogP contribution in [-0.4, -0.2) is 21.5 Å². The van der Waals surface area contributed by atoms with Crippen LogP contribution in [0.15, 0.2) is 74.8 Å². The number of para-hydroxylation sites is 1. The summed E-state index contributed by atoms with van der Waals surface area (Å²) in [5.41, 5.74) is 2.71. The fraction of sp³-hybridized carbons (Fsp3) is 0.125. The van der Waals surface area contributed by atoms with Gasteiger partial charge in [-0.05, 0) is 61.0 Å². The summed E-state index contributed by atoms with van der Waals surface area (Å²) in [5.74, 6) is 1.60. The van der Waals surface area contributed by atoms with E-state index >= 15 is 0 Å². The predicted molar refractivity (Wildman–Crippen MR) is 117 cm³/mol. The molecule has 0 bridgehead atoms. The summed E-state index contributed by atoms with van der Waals surface area (Å²) in [7, 11) is -3.34. The van der Waals surface area contributed by atoms with Crippen LogP contribution < -0.4 is 14.9 Å².